The maximum atomic E-state index is 13.0. The van der Waals surface area contributed by atoms with Crippen LogP contribution in [0.3, 0.4) is 0 Å². The number of piperidine rings is 1. The minimum Gasteiger partial charge on any atom is -0.342 e. The summed E-state index contributed by atoms with van der Waals surface area (Å²) in [6.07, 6.45) is 2.74. The molecule has 1 saturated heterocycles. The van der Waals surface area contributed by atoms with Crippen molar-refractivity contribution in [3.05, 3.63) is 95.1 Å². The third kappa shape index (κ3) is 4.22. The maximum absolute atomic E-state index is 13.0. The van der Waals surface area contributed by atoms with Crippen molar-refractivity contribution >= 4 is 16.9 Å². The molecule has 3 heterocycles. The molecule has 1 aliphatic rings. The van der Waals surface area contributed by atoms with Gasteiger partial charge in [-0.25, -0.2) is 4.98 Å². The molecule has 1 fully saturated rings. The number of aryl methyl sites for hydroxylation is 1. The van der Waals surface area contributed by atoms with Crippen LogP contribution in [0.1, 0.15) is 51.9 Å². The number of benzene rings is 2. The second kappa shape index (κ2) is 8.34. The lowest BCUT2D eigenvalue weighted by Crippen LogP contribution is -2.38. The molecule has 0 radical (unpaired) electrons. The van der Waals surface area contributed by atoms with Gasteiger partial charge in [0.25, 0.3) is 5.91 Å². The molecule has 31 heavy (non-hydrogen) atoms. The number of carbonyl (C=O) groups is 1. The van der Waals surface area contributed by atoms with Crippen molar-refractivity contribution in [3.8, 4) is 0 Å². The number of nitrogens with one attached hydrogen (secondary N) is 1. The molecule has 0 saturated carbocycles. The van der Waals surface area contributed by atoms with E-state index in [9.17, 15) is 4.79 Å². The van der Waals surface area contributed by atoms with Gasteiger partial charge < -0.3 is 9.88 Å². The van der Waals surface area contributed by atoms with Crippen LogP contribution < -0.4 is 0 Å². The first kappa shape index (κ1) is 19.5. The summed E-state index contributed by atoms with van der Waals surface area (Å²) in [5, 5.41) is 0. The highest BCUT2D eigenvalue weighted by Gasteiger charge is 2.25. The van der Waals surface area contributed by atoms with Crippen molar-refractivity contribution in [3.63, 3.8) is 0 Å². The number of nitrogens with zero attached hydrogens (tertiary/aromatic N) is 3. The van der Waals surface area contributed by atoms with Gasteiger partial charge in [0.15, 0.2) is 0 Å². The lowest BCUT2D eigenvalue weighted by molar-refractivity contribution is 0.0712. The van der Waals surface area contributed by atoms with Crippen LogP contribution in [0.4, 0.5) is 0 Å². The van der Waals surface area contributed by atoms with Crippen molar-refractivity contribution < 1.29 is 4.79 Å². The molecule has 0 aliphatic carbocycles. The van der Waals surface area contributed by atoms with E-state index in [1.54, 1.807) is 0 Å². The Balaban J connectivity index is 1.24. The molecule has 0 bridgehead atoms. The summed E-state index contributed by atoms with van der Waals surface area (Å²) in [6, 6.07) is 22.5. The number of rotatable bonds is 4. The number of carbonyl (C=O) groups excluding carboxylic acids is 1. The van der Waals surface area contributed by atoms with E-state index < -0.39 is 0 Å². The average molecular weight is 411 g/mol. The molecule has 5 heteroatoms. The molecule has 1 aliphatic heterocycles. The fourth-order valence-corrected chi connectivity index (χ4v) is 4.46. The second-order valence-corrected chi connectivity index (χ2v) is 8.34. The molecule has 5 rings (SSSR count). The summed E-state index contributed by atoms with van der Waals surface area (Å²) in [5.41, 5.74) is 6.06. The zero-order valence-corrected chi connectivity index (χ0v) is 17.7. The number of aromatic amines is 1. The third-order valence-corrected chi connectivity index (χ3v) is 6.10. The van der Waals surface area contributed by atoms with E-state index in [0.717, 1.165) is 66.2 Å². The van der Waals surface area contributed by atoms with Gasteiger partial charge in [0.05, 0.1) is 11.0 Å². The number of aromatic nitrogens is 3. The van der Waals surface area contributed by atoms with E-state index >= 15 is 0 Å². The lowest BCUT2D eigenvalue weighted by Gasteiger charge is -2.32. The van der Waals surface area contributed by atoms with Gasteiger partial charge in [0.1, 0.15) is 5.82 Å². The SMILES string of the molecule is Cc1nc2ccc(C(=O)N3CCC(c4cccc(Cc5ccccc5)n4)CC3)cc2[nH]1. The largest absolute Gasteiger partial charge is 0.342 e. The summed E-state index contributed by atoms with van der Waals surface area (Å²) < 4.78 is 0. The summed E-state index contributed by atoms with van der Waals surface area (Å²) in [6.45, 7) is 3.44. The van der Waals surface area contributed by atoms with Gasteiger partial charge in [-0.1, -0.05) is 36.4 Å². The molecule has 1 amide bonds. The minimum absolute atomic E-state index is 0.0957. The van der Waals surface area contributed by atoms with E-state index in [1.807, 2.05) is 36.1 Å². The number of fused-ring (bicyclic) bond motifs is 1. The van der Waals surface area contributed by atoms with Gasteiger partial charge in [0.2, 0.25) is 0 Å². The molecule has 0 spiro atoms. The Morgan fingerprint density at radius 2 is 1.81 bits per heavy atom. The second-order valence-electron chi connectivity index (χ2n) is 8.34. The summed E-state index contributed by atoms with van der Waals surface area (Å²) in [7, 11) is 0. The van der Waals surface area contributed by atoms with E-state index in [4.69, 9.17) is 4.98 Å². The summed E-state index contributed by atoms with van der Waals surface area (Å²) in [5.74, 6) is 1.36. The van der Waals surface area contributed by atoms with Crippen molar-refractivity contribution in [2.45, 2.75) is 32.1 Å². The van der Waals surface area contributed by atoms with E-state index in [-0.39, 0.29) is 5.91 Å². The van der Waals surface area contributed by atoms with Crippen molar-refractivity contribution in [2.24, 2.45) is 0 Å². The number of likely N-dealkylation sites (tertiary alicyclic amines) is 1. The smallest absolute Gasteiger partial charge is 0.253 e. The number of hydrogen-bond acceptors (Lipinski definition) is 3. The standard InChI is InChI=1S/C26H26N4O/c1-18-27-24-11-10-21(17-25(24)28-18)26(31)30-14-12-20(13-15-30)23-9-5-8-22(29-23)16-19-6-3-2-4-7-19/h2-11,17,20H,12-16H2,1H3,(H,27,28). The lowest BCUT2D eigenvalue weighted by atomic mass is 9.92. The molecule has 1 N–H and O–H groups in total. The minimum atomic E-state index is 0.0957. The molecule has 156 valence electrons. The third-order valence-electron chi connectivity index (χ3n) is 6.10. The fraction of sp³-hybridized carbons (Fsp3) is 0.269. The summed E-state index contributed by atoms with van der Waals surface area (Å²) >= 11 is 0. The van der Waals surface area contributed by atoms with E-state index in [0.29, 0.717) is 5.92 Å². The van der Waals surface area contributed by atoms with Crippen LogP contribution in [0.5, 0.6) is 0 Å². The van der Waals surface area contributed by atoms with Crippen molar-refractivity contribution in [1.82, 2.24) is 19.9 Å². The number of hydrogen-bond donors (Lipinski definition) is 1. The Morgan fingerprint density at radius 3 is 2.61 bits per heavy atom. The molecular weight excluding hydrogens is 384 g/mol. The van der Waals surface area contributed by atoms with Gasteiger partial charge in [-0.3, -0.25) is 9.78 Å². The number of amides is 1. The van der Waals surface area contributed by atoms with Gasteiger partial charge >= 0.3 is 0 Å². The fourth-order valence-electron chi connectivity index (χ4n) is 4.46. The molecular formula is C26H26N4O. The number of H-pyrrole nitrogens is 1. The number of pyridine rings is 1. The van der Waals surface area contributed by atoms with Crippen LogP contribution in [0.2, 0.25) is 0 Å². The van der Waals surface area contributed by atoms with Gasteiger partial charge in [-0.15, -0.1) is 0 Å². The molecule has 4 aromatic rings. The topological polar surface area (TPSA) is 61.9 Å². The molecule has 2 aromatic carbocycles. The highest BCUT2D eigenvalue weighted by Crippen LogP contribution is 2.28. The highest BCUT2D eigenvalue weighted by atomic mass is 16.2. The quantitative estimate of drug-likeness (QED) is 0.522. The van der Waals surface area contributed by atoms with Gasteiger partial charge in [-0.2, -0.15) is 0 Å². The van der Waals surface area contributed by atoms with Crippen molar-refractivity contribution in [1.29, 1.82) is 0 Å². The Morgan fingerprint density at radius 1 is 1.00 bits per heavy atom. The Hall–Kier alpha value is -3.47. The molecule has 0 atom stereocenters. The van der Waals surface area contributed by atoms with Crippen molar-refractivity contribution in [2.75, 3.05) is 13.1 Å². The van der Waals surface area contributed by atoms with Crippen LogP contribution in [0.25, 0.3) is 11.0 Å². The van der Waals surface area contributed by atoms with Crippen LogP contribution in [0, 0.1) is 6.92 Å². The van der Waals surface area contributed by atoms with E-state index in [2.05, 4.69) is 52.4 Å². The predicted octanol–water partition coefficient (Wildman–Crippen LogP) is 4.88. The van der Waals surface area contributed by atoms with Crippen LogP contribution >= 0.6 is 0 Å². The Labute approximate surface area is 182 Å². The maximum Gasteiger partial charge on any atom is 0.253 e. The molecule has 0 unspecified atom stereocenters. The van der Waals surface area contributed by atoms with Crippen LogP contribution in [-0.4, -0.2) is 38.8 Å². The first-order valence-electron chi connectivity index (χ1n) is 10.9. The first-order valence-corrected chi connectivity index (χ1v) is 10.9. The Kier molecular flexibility index (Phi) is 5.24. The number of imidazole rings is 1. The highest BCUT2D eigenvalue weighted by molar-refractivity contribution is 5.97. The average Bonchev–Trinajstić information content (AvgIpc) is 3.19. The predicted molar refractivity (Wildman–Crippen MR) is 122 cm³/mol. The zero-order chi connectivity index (χ0) is 21.2. The monoisotopic (exact) mass is 410 g/mol. The molecule has 5 nitrogen and oxygen atoms in total. The Bertz CT molecular complexity index is 1210. The normalized spacial score (nSPS) is 14.8. The zero-order valence-electron chi connectivity index (χ0n) is 17.7. The van der Waals surface area contributed by atoms with E-state index in [1.165, 1.54) is 5.56 Å². The van der Waals surface area contributed by atoms with Gasteiger partial charge in [-0.05, 0) is 55.7 Å². The summed E-state index contributed by atoms with van der Waals surface area (Å²) in [4.78, 5) is 27.6. The van der Waals surface area contributed by atoms with Gasteiger partial charge in [0, 0.05) is 42.4 Å². The molecule has 2 aromatic heterocycles. The van der Waals surface area contributed by atoms with Crippen LogP contribution in [-0.2, 0) is 6.42 Å². The first-order chi connectivity index (χ1) is 15.2. The van der Waals surface area contributed by atoms with Crippen LogP contribution in [0.15, 0.2) is 66.7 Å².